The Balaban J connectivity index is 5.20. The second-order valence-electron chi connectivity index (χ2n) is 30.0. The fraction of sp³-hybridized carbons (Fsp3) is 0.950. The molecule has 0 radical (unpaired) electrons. The van der Waals surface area contributed by atoms with Crippen LogP contribution in [0, 0.1) is 23.7 Å². The molecule has 0 aromatic carbocycles. The molecule has 0 aliphatic rings. The van der Waals surface area contributed by atoms with Crippen LogP contribution in [-0.4, -0.2) is 96.7 Å². The lowest BCUT2D eigenvalue weighted by Gasteiger charge is -2.21. The minimum atomic E-state index is -4.96. The molecular weight excluding hydrogens is 1290 g/mol. The number of ether oxygens (including phenoxy) is 4. The van der Waals surface area contributed by atoms with Crippen LogP contribution in [-0.2, 0) is 65.4 Å². The van der Waals surface area contributed by atoms with Crippen molar-refractivity contribution in [2.45, 2.75) is 427 Å². The van der Waals surface area contributed by atoms with E-state index in [1.54, 1.807) is 0 Å². The van der Waals surface area contributed by atoms with Gasteiger partial charge in [-0.3, -0.25) is 37.3 Å². The molecule has 17 nitrogen and oxygen atoms in total. The van der Waals surface area contributed by atoms with E-state index in [2.05, 4.69) is 55.4 Å². The van der Waals surface area contributed by atoms with Crippen molar-refractivity contribution in [1.29, 1.82) is 0 Å². The van der Waals surface area contributed by atoms with E-state index in [1.165, 1.54) is 205 Å². The molecule has 0 saturated heterocycles. The Morgan fingerprint density at radius 3 is 0.717 bits per heavy atom. The SMILES string of the molecule is CCC(C)CCCCCCCCCCCCCCCCCCCCC(=O)O[C@H](COC(=O)CCCCCCCCC(C)CC)COP(=O)(O)OC[C@H](O)COP(=O)(O)OC[C@@H](COC(=O)CCCCCCCCCCCCC(C)CC)OC(=O)CCCCCCCCCCCCC(C)C. The van der Waals surface area contributed by atoms with Gasteiger partial charge in [0.15, 0.2) is 12.2 Å². The molecule has 0 aromatic heterocycles. The summed E-state index contributed by atoms with van der Waals surface area (Å²) in [6, 6.07) is 0. The van der Waals surface area contributed by atoms with Gasteiger partial charge in [-0.15, -0.1) is 0 Å². The number of aliphatic hydroxyl groups excluding tert-OH is 1. The zero-order valence-corrected chi connectivity index (χ0v) is 66.9. The average Bonchev–Trinajstić information content (AvgIpc) is 1.12. The van der Waals surface area contributed by atoms with Gasteiger partial charge in [-0.25, -0.2) is 9.13 Å². The largest absolute Gasteiger partial charge is 0.472 e. The van der Waals surface area contributed by atoms with E-state index in [0.29, 0.717) is 25.7 Å². The summed E-state index contributed by atoms with van der Waals surface area (Å²) in [5.41, 5.74) is 0. The molecule has 0 saturated carbocycles. The monoisotopic (exact) mass is 1450 g/mol. The van der Waals surface area contributed by atoms with Crippen molar-refractivity contribution in [3.05, 3.63) is 0 Å². The highest BCUT2D eigenvalue weighted by Crippen LogP contribution is 2.45. The maximum absolute atomic E-state index is 13.1. The third-order valence-electron chi connectivity index (χ3n) is 19.7. The van der Waals surface area contributed by atoms with Gasteiger partial charge in [0, 0.05) is 25.7 Å². The number of unbranched alkanes of at least 4 members (excludes halogenated alkanes) is 40. The molecular formula is C80H156O17P2. The van der Waals surface area contributed by atoms with Crippen molar-refractivity contribution in [2.24, 2.45) is 23.7 Å². The first-order valence-electron chi connectivity index (χ1n) is 41.3. The van der Waals surface area contributed by atoms with Gasteiger partial charge in [-0.2, -0.15) is 0 Å². The van der Waals surface area contributed by atoms with Gasteiger partial charge in [-0.1, -0.05) is 357 Å². The summed E-state index contributed by atoms with van der Waals surface area (Å²) in [6.45, 7) is 14.3. The summed E-state index contributed by atoms with van der Waals surface area (Å²) in [7, 11) is -9.92. The molecule has 0 aliphatic carbocycles. The molecule has 0 aromatic rings. The molecule has 0 rings (SSSR count). The van der Waals surface area contributed by atoms with E-state index < -0.39 is 97.5 Å². The van der Waals surface area contributed by atoms with Gasteiger partial charge in [0.1, 0.15) is 19.3 Å². The van der Waals surface area contributed by atoms with Gasteiger partial charge in [0.05, 0.1) is 26.4 Å². The van der Waals surface area contributed by atoms with E-state index in [-0.39, 0.29) is 25.7 Å². The fourth-order valence-electron chi connectivity index (χ4n) is 12.2. The Morgan fingerprint density at radius 2 is 0.485 bits per heavy atom. The van der Waals surface area contributed by atoms with Gasteiger partial charge >= 0.3 is 39.5 Å². The lowest BCUT2D eigenvalue weighted by atomic mass is 9.99. The number of aliphatic hydroxyl groups is 1. The van der Waals surface area contributed by atoms with Crippen LogP contribution in [0.5, 0.6) is 0 Å². The molecule has 8 atom stereocenters. The zero-order valence-electron chi connectivity index (χ0n) is 65.1. The molecule has 0 spiro atoms. The Morgan fingerprint density at radius 1 is 0.283 bits per heavy atom. The van der Waals surface area contributed by atoms with E-state index >= 15 is 0 Å². The van der Waals surface area contributed by atoms with Crippen molar-refractivity contribution < 1.29 is 80.2 Å². The summed E-state index contributed by atoms with van der Waals surface area (Å²) in [6.07, 6.45) is 55.5. The first-order valence-corrected chi connectivity index (χ1v) is 44.3. The van der Waals surface area contributed by atoms with Gasteiger partial charge in [0.25, 0.3) is 0 Å². The number of carbonyl (C=O) groups excluding carboxylic acids is 4. The first-order chi connectivity index (χ1) is 47.7. The van der Waals surface area contributed by atoms with Crippen molar-refractivity contribution >= 4 is 39.5 Å². The summed E-state index contributed by atoms with van der Waals surface area (Å²) < 4.78 is 68.6. The quantitative estimate of drug-likeness (QED) is 0.0222. The van der Waals surface area contributed by atoms with Crippen molar-refractivity contribution in [3.63, 3.8) is 0 Å². The molecule has 0 amide bonds. The highest BCUT2D eigenvalue weighted by molar-refractivity contribution is 7.47. The van der Waals surface area contributed by atoms with Crippen LogP contribution in [0.15, 0.2) is 0 Å². The fourth-order valence-corrected chi connectivity index (χ4v) is 13.7. The van der Waals surface area contributed by atoms with Gasteiger partial charge in [0.2, 0.25) is 0 Å². The van der Waals surface area contributed by atoms with Gasteiger partial charge < -0.3 is 33.8 Å². The number of esters is 4. The number of rotatable bonds is 77. The molecule has 0 fully saturated rings. The van der Waals surface area contributed by atoms with Crippen molar-refractivity contribution in [3.8, 4) is 0 Å². The molecule has 0 bridgehead atoms. The van der Waals surface area contributed by atoms with E-state index in [9.17, 15) is 43.2 Å². The van der Waals surface area contributed by atoms with E-state index in [1.807, 2.05) is 0 Å². The molecule has 99 heavy (non-hydrogen) atoms. The van der Waals surface area contributed by atoms with Crippen LogP contribution in [0.2, 0.25) is 0 Å². The van der Waals surface area contributed by atoms with E-state index in [4.69, 9.17) is 37.0 Å². The Hall–Kier alpha value is -1.94. The smallest absolute Gasteiger partial charge is 0.462 e. The second-order valence-corrected chi connectivity index (χ2v) is 32.9. The summed E-state index contributed by atoms with van der Waals surface area (Å²) in [5, 5.41) is 10.6. The molecule has 19 heteroatoms. The summed E-state index contributed by atoms with van der Waals surface area (Å²) in [5.74, 6) is 1.05. The van der Waals surface area contributed by atoms with Crippen LogP contribution in [0.1, 0.15) is 409 Å². The molecule has 5 unspecified atom stereocenters. The Bertz CT molecular complexity index is 1940. The number of hydrogen-bond acceptors (Lipinski definition) is 15. The summed E-state index contributed by atoms with van der Waals surface area (Å²) in [4.78, 5) is 72.9. The molecule has 3 N–H and O–H groups in total. The van der Waals surface area contributed by atoms with Crippen LogP contribution in [0.3, 0.4) is 0 Å². The average molecular weight is 1450 g/mol. The Labute approximate surface area is 607 Å². The molecule has 0 heterocycles. The highest BCUT2D eigenvalue weighted by atomic mass is 31.2. The summed E-state index contributed by atoms with van der Waals surface area (Å²) >= 11 is 0. The zero-order chi connectivity index (χ0) is 73.1. The predicted octanol–water partition coefficient (Wildman–Crippen LogP) is 23.6. The minimum Gasteiger partial charge on any atom is -0.462 e. The predicted molar refractivity (Wildman–Crippen MR) is 404 cm³/mol. The van der Waals surface area contributed by atoms with Crippen LogP contribution in [0.4, 0.5) is 0 Å². The first kappa shape index (κ1) is 97.1. The topological polar surface area (TPSA) is 237 Å². The normalized spacial score (nSPS) is 14.9. The number of phosphoric acid groups is 2. The number of carbonyl (C=O) groups is 4. The number of hydrogen-bond donors (Lipinski definition) is 3. The van der Waals surface area contributed by atoms with Crippen LogP contribution in [0.25, 0.3) is 0 Å². The molecule has 0 aliphatic heterocycles. The van der Waals surface area contributed by atoms with Gasteiger partial charge in [-0.05, 0) is 49.4 Å². The highest BCUT2D eigenvalue weighted by Gasteiger charge is 2.30. The van der Waals surface area contributed by atoms with E-state index in [0.717, 1.165) is 120 Å². The maximum atomic E-state index is 13.1. The lowest BCUT2D eigenvalue weighted by Crippen LogP contribution is -2.30. The molecule has 588 valence electrons. The van der Waals surface area contributed by atoms with Crippen molar-refractivity contribution in [2.75, 3.05) is 39.6 Å². The third-order valence-corrected chi connectivity index (χ3v) is 21.6. The maximum Gasteiger partial charge on any atom is 0.472 e. The third kappa shape index (κ3) is 70.2. The van der Waals surface area contributed by atoms with Crippen LogP contribution >= 0.6 is 15.6 Å². The Kier molecular flexibility index (Phi) is 67.8. The minimum absolute atomic E-state index is 0.105. The number of phosphoric ester groups is 2. The van der Waals surface area contributed by atoms with Crippen LogP contribution < -0.4 is 0 Å². The standard InChI is InChI=1S/C80H156O17P2/c1-9-71(6)57-49-41-33-27-20-18-16-14-12-13-15-17-19-21-30-36-46-54-62-79(84)97-76(67-91-78(83)61-53-45-39-38-43-51-59-73(8)11-3)69-95-99(88,89)93-65-74(81)64-92-98(86,87)94-68-75(96-80(85)63-55-47-37-31-24-22-26-32-40-48-56-70(4)5)66-90-77(82)60-52-44-35-29-25-23-28-34-42-50-58-72(7)10-2/h70-76,81H,9-69H2,1-8H3,(H,86,87)(H,88,89)/t71?,72?,73?,74-,75-,76-/m1/s1. The van der Waals surface area contributed by atoms with Crippen molar-refractivity contribution in [1.82, 2.24) is 0 Å². The lowest BCUT2D eigenvalue weighted by molar-refractivity contribution is -0.161. The second kappa shape index (κ2) is 69.1.